The van der Waals surface area contributed by atoms with Crippen molar-refractivity contribution in [1.29, 1.82) is 0 Å². The van der Waals surface area contributed by atoms with E-state index in [4.69, 9.17) is 11.6 Å². The van der Waals surface area contributed by atoms with Crippen LogP contribution in [0, 0.1) is 0 Å². The number of pyridine rings is 2. The minimum Gasteiger partial charge on any atom is -0.370 e. The van der Waals surface area contributed by atoms with E-state index < -0.39 is 0 Å². The molecule has 0 unspecified atom stereocenters. The van der Waals surface area contributed by atoms with Crippen molar-refractivity contribution in [3.8, 4) is 0 Å². The normalized spacial score (nSPS) is 10.3. The summed E-state index contributed by atoms with van der Waals surface area (Å²) in [4.78, 5) is 10.4. The maximum Gasteiger partial charge on any atom is 0.129 e. The highest BCUT2D eigenvalue weighted by molar-refractivity contribution is 6.29. The van der Waals surface area contributed by atoms with E-state index in [0.717, 1.165) is 25.2 Å². The SMILES string of the molecule is CCN(CCc1ccncc1)c1ccc(Cl)nc1. The van der Waals surface area contributed by atoms with Crippen molar-refractivity contribution in [1.82, 2.24) is 9.97 Å². The first-order valence-corrected chi connectivity index (χ1v) is 6.43. The molecule has 0 aromatic carbocycles. The number of hydrogen-bond acceptors (Lipinski definition) is 3. The summed E-state index contributed by atoms with van der Waals surface area (Å²) in [6, 6.07) is 7.93. The summed E-state index contributed by atoms with van der Waals surface area (Å²) < 4.78 is 0. The second-order valence-corrected chi connectivity index (χ2v) is 4.41. The van der Waals surface area contributed by atoms with Crippen LogP contribution in [0.2, 0.25) is 5.15 Å². The van der Waals surface area contributed by atoms with Crippen molar-refractivity contribution in [3.05, 3.63) is 53.6 Å². The third kappa shape index (κ3) is 3.44. The standard InChI is InChI=1S/C14H16ClN3/c1-2-18(13-3-4-14(15)17-11-13)10-7-12-5-8-16-9-6-12/h3-6,8-9,11H,2,7,10H2,1H3. The molecule has 0 fully saturated rings. The molecular formula is C14H16ClN3. The third-order valence-electron chi connectivity index (χ3n) is 2.88. The van der Waals surface area contributed by atoms with Gasteiger partial charge < -0.3 is 4.90 Å². The van der Waals surface area contributed by atoms with Crippen molar-refractivity contribution < 1.29 is 0 Å². The summed E-state index contributed by atoms with van der Waals surface area (Å²) in [6.45, 7) is 4.05. The van der Waals surface area contributed by atoms with E-state index in [0.29, 0.717) is 5.15 Å². The molecule has 0 atom stereocenters. The lowest BCUT2D eigenvalue weighted by Gasteiger charge is -2.22. The molecule has 2 aromatic rings. The largest absolute Gasteiger partial charge is 0.370 e. The van der Waals surface area contributed by atoms with Crippen LogP contribution in [-0.2, 0) is 6.42 Å². The Morgan fingerprint density at radius 1 is 1.17 bits per heavy atom. The number of halogens is 1. The predicted octanol–water partition coefficient (Wildman–Crippen LogP) is 3.20. The zero-order chi connectivity index (χ0) is 12.8. The molecule has 0 spiro atoms. The molecular weight excluding hydrogens is 246 g/mol. The summed E-state index contributed by atoms with van der Waals surface area (Å²) in [5.74, 6) is 0. The van der Waals surface area contributed by atoms with Gasteiger partial charge >= 0.3 is 0 Å². The van der Waals surface area contributed by atoms with Crippen LogP contribution >= 0.6 is 11.6 Å². The highest BCUT2D eigenvalue weighted by Crippen LogP contribution is 2.15. The van der Waals surface area contributed by atoms with Crippen LogP contribution in [-0.4, -0.2) is 23.1 Å². The molecule has 2 heterocycles. The van der Waals surface area contributed by atoms with Crippen LogP contribution in [0.3, 0.4) is 0 Å². The Kier molecular flexibility index (Phi) is 4.53. The average Bonchev–Trinajstić information content (AvgIpc) is 2.42. The minimum absolute atomic E-state index is 0.531. The second kappa shape index (κ2) is 6.36. The Labute approximate surface area is 112 Å². The molecule has 0 saturated carbocycles. The molecule has 0 bridgehead atoms. The fraction of sp³-hybridized carbons (Fsp3) is 0.286. The summed E-state index contributed by atoms with van der Waals surface area (Å²) >= 11 is 5.80. The fourth-order valence-electron chi connectivity index (χ4n) is 1.84. The number of anilines is 1. The van der Waals surface area contributed by atoms with Gasteiger partial charge in [0.15, 0.2) is 0 Å². The van der Waals surface area contributed by atoms with Gasteiger partial charge in [-0.3, -0.25) is 4.98 Å². The van der Waals surface area contributed by atoms with E-state index in [1.807, 2.05) is 42.9 Å². The number of aromatic nitrogens is 2. The zero-order valence-electron chi connectivity index (χ0n) is 10.4. The quantitative estimate of drug-likeness (QED) is 0.774. The van der Waals surface area contributed by atoms with Crippen LogP contribution in [0.5, 0.6) is 0 Å². The molecule has 18 heavy (non-hydrogen) atoms. The molecule has 0 N–H and O–H groups in total. The van der Waals surface area contributed by atoms with Gasteiger partial charge in [0.05, 0.1) is 11.9 Å². The zero-order valence-corrected chi connectivity index (χ0v) is 11.1. The maximum absolute atomic E-state index is 5.80. The Morgan fingerprint density at radius 2 is 1.94 bits per heavy atom. The fourth-order valence-corrected chi connectivity index (χ4v) is 1.95. The molecule has 0 aliphatic carbocycles. The van der Waals surface area contributed by atoms with E-state index in [-0.39, 0.29) is 0 Å². The molecule has 2 rings (SSSR count). The first-order chi connectivity index (χ1) is 8.79. The van der Waals surface area contributed by atoms with Crippen molar-refractivity contribution in [2.45, 2.75) is 13.3 Å². The monoisotopic (exact) mass is 261 g/mol. The van der Waals surface area contributed by atoms with E-state index in [2.05, 4.69) is 21.8 Å². The van der Waals surface area contributed by atoms with Crippen LogP contribution in [0.15, 0.2) is 42.9 Å². The van der Waals surface area contributed by atoms with Crippen LogP contribution < -0.4 is 4.90 Å². The number of hydrogen-bond donors (Lipinski definition) is 0. The van der Waals surface area contributed by atoms with Gasteiger partial charge in [0.25, 0.3) is 0 Å². The number of nitrogens with zero attached hydrogens (tertiary/aromatic N) is 3. The molecule has 3 nitrogen and oxygen atoms in total. The smallest absolute Gasteiger partial charge is 0.129 e. The first kappa shape index (κ1) is 12.8. The van der Waals surface area contributed by atoms with Gasteiger partial charge in [0.1, 0.15) is 5.15 Å². The molecule has 0 radical (unpaired) electrons. The first-order valence-electron chi connectivity index (χ1n) is 6.05. The highest BCUT2D eigenvalue weighted by atomic mass is 35.5. The van der Waals surface area contributed by atoms with E-state index in [9.17, 15) is 0 Å². The summed E-state index contributed by atoms with van der Waals surface area (Å²) in [5, 5.41) is 0.531. The molecule has 94 valence electrons. The summed E-state index contributed by atoms with van der Waals surface area (Å²) in [5.41, 5.74) is 2.40. The van der Waals surface area contributed by atoms with Crippen molar-refractivity contribution >= 4 is 17.3 Å². The Hall–Kier alpha value is -1.61. The van der Waals surface area contributed by atoms with Gasteiger partial charge in [-0.1, -0.05) is 11.6 Å². The second-order valence-electron chi connectivity index (χ2n) is 4.02. The molecule has 2 aromatic heterocycles. The Morgan fingerprint density at radius 3 is 2.56 bits per heavy atom. The average molecular weight is 262 g/mol. The van der Waals surface area contributed by atoms with Crippen LogP contribution in [0.25, 0.3) is 0 Å². The number of likely N-dealkylation sites (N-methyl/N-ethyl adjacent to an activating group) is 1. The van der Waals surface area contributed by atoms with Gasteiger partial charge in [-0.05, 0) is 43.2 Å². The lowest BCUT2D eigenvalue weighted by Crippen LogP contribution is -2.25. The lowest BCUT2D eigenvalue weighted by atomic mass is 10.2. The Balaban J connectivity index is 1.99. The molecule has 0 saturated heterocycles. The van der Waals surface area contributed by atoms with Gasteiger partial charge in [0, 0.05) is 25.5 Å². The van der Waals surface area contributed by atoms with Gasteiger partial charge in [0.2, 0.25) is 0 Å². The van der Waals surface area contributed by atoms with Gasteiger partial charge in [-0.2, -0.15) is 0 Å². The van der Waals surface area contributed by atoms with Crippen molar-refractivity contribution in [2.24, 2.45) is 0 Å². The lowest BCUT2D eigenvalue weighted by molar-refractivity contribution is 0.805. The molecule has 0 aliphatic rings. The maximum atomic E-state index is 5.80. The van der Waals surface area contributed by atoms with Crippen molar-refractivity contribution in [2.75, 3.05) is 18.0 Å². The van der Waals surface area contributed by atoms with Crippen LogP contribution in [0.1, 0.15) is 12.5 Å². The van der Waals surface area contributed by atoms with Crippen molar-refractivity contribution in [3.63, 3.8) is 0 Å². The summed E-state index contributed by atoms with van der Waals surface area (Å²) in [6.07, 6.45) is 6.47. The molecule has 0 amide bonds. The van der Waals surface area contributed by atoms with Crippen LogP contribution in [0.4, 0.5) is 5.69 Å². The van der Waals surface area contributed by atoms with E-state index in [1.165, 1.54) is 5.56 Å². The minimum atomic E-state index is 0.531. The molecule has 0 aliphatic heterocycles. The summed E-state index contributed by atoms with van der Waals surface area (Å²) in [7, 11) is 0. The predicted molar refractivity (Wildman–Crippen MR) is 75.1 cm³/mol. The van der Waals surface area contributed by atoms with E-state index >= 15 is 0 Å². The Bertz CT molecular complexity index is 470. The number of rotatable bonds is 5. The topological polar surface area (TPSA) is 29.0 Å². The van der Waals surface area contributed by atoms with E-state index in [1.54, 1.807) is 0 Å². The molecule has 4 heteroatoms. The highest BCUT2D eigenvalue weighted by Gasteiger charge is 2.04. The third-order valence-corrected chi connectivity index (χ3v) is 3.10. The van der Waals surface area contributed by atoms with Gasteiger partial charge in [-0.25, -0.2) is 4.98 Å². The van der Waals surface area contributed by atoms with Gasteiger partial charge in [-0.15, -0.1) is 0 Å².